The highest BCUT2D eigenvalue weighted by molar-refractivity contribution is 7.08. The van der Waals surface area contributed by atoms with Crippen LogP contribution >= 0.6 is 11.3 Å². The van der Waals surface area contributed by atoms with Gasteiger partial charge < -0.3 is 9.67 Å². The predicted octanol–water partition coefficient (Wildman–Crippen LogP) is 3.76. The molecule has 0 radical (unpaired) electrons. The maximum absolute atomic E-state index is 9.49. The molecule has 96 valence electrons. The third kappa shape index (κ3) is 2.48. The lowest BCUT2D eigenvalue weighted by molar-refractivity contribution is 0.272. The van der Waals surface area contributed by atoms with Crippen LogP contribution in [0, 0.1) is 0 Å². The van der Waals surface area contributed by atoms with Gasteiger partial charge in [0.05, 0.1) is 6.61 Å². The van der Waals surface area contributed by atoms with Gasteiger partial charge >= 0.3 is 0 Å². The number of aliphatic hydroxyl groups is 1. The minimum Gasteiger partial charge on any atom is -0.390 e. The predicted molar refractivity (Wildman–Crippen MR) is 79.2 cm³/mol. The van der Waals surface area contributed by atoms with Gasteiger partial charge in [-0.25, -0.2) is 0 Å². The van der Waals surface area contributed by atoms with Gasteiger partial charge in [-0.05, 0) is 29.1 Å². The molecule has 3 rings (SSSR count). The van der Waals surface area contributed by atoms with Crippen molar-refractivity contribution in [3.63, 3.8) is 0 Å². The van der Waals surface area contributed by atoms with Gasteiger partial charge in [-0.15, -0.1) is 0 Å². The fraction of sp³-hybridized carbons (Fsp3) is 0.125. The molecule has 0 aliphatic carbocycles. The third-order valence-electron chi connectivity index (χ3n) is 3.23. The summed E-state index contributed by atoms with van der Waals surface area (Å²) < 4.78 is 2.18. The van der Waals surface area contributed by atoms with Crippen LogP contribution in [0.4, 0.5) is 0 Å². The van der Waals surface area contributed by atoms with E-state index in [-0.39, 0.29) is 6.61 Å². The Morgan fingerprint density at radius 3 is 2.53 bits per heavy atom. The number of aliphatic hydroxyl groups excluding tert-OH is 1. The number of hydrogen-bond acceptors (Lipinski definition) is 2. The second kappa shape index (κ2) is 5.43. The van der Waals surface area contributed by atoms with E-state index in [2.05, 4.69) is 39.6 Å². The molecular weight excluding hydrogens is 254 g/mol. The minimum absolute atomic E-state index is 0.0664. The van der Waals surface area contributed by atoms with E-state index in [0.29, 0.717) is 0 Å². The monoisotopic (exact) mass is 269 g/mol. The van der Waals surface area contributed by atoms with Crippen LogP contribution in [-0.4, -0.2) is 9.67 Å². The highest BCUT2D eigenvalue weighted by Crippen LogP contribution is 2.26. The number of nitrogens with zero attached hydrogens (tertiary/aromatic N) is 1. The van der Waals surface area contributed by atoms with Crippen molar-refractivity contribution in [2.45, 2.75) is 13.2 Å². The molecule has 3 heteroatoms. The van der Waals surface area contributed by atoms with E-state index in [1.807, 2.05) is 24.3 Å². The summed E-state index contributed by atoms with van der Waals surface area (Å²) in [6, 6.07) is 16.5. The number of benzene rings is 1. The van der Waals surface area contributed by atoms with E-state index in [4.69, 9.17) is 0 Å². The highest BCUT2D eigenvalue weighted by atomic mass is 32.1. The van der Waals surface area contributed by atoms with Crippen molar-refractivity contribution in [2.75, 3.05) is 0 Å². The van der Waals surface area contributed by atoms with Crippen molar-refractivity contribution in [3.05, 3.63) is 70.5 Å². The first kappa shape index (κ1) is 12.2. The molecule has 0 aliphatic rings. The lowest BCUT2D eigenvalue weighted by Gasteiger charge is -2.12. The lowest BCUT2D eigenvalue weighted by Crippen LogP contribution is -2.05. The summed E-state index contributed by atoms with van der Waals surface area (Å²) in [7, 11) is 0. The van der Waals surface area contributed by atoms with E-state index in [9.17, 15) is 5.11 Å². The van der Waals surface area contributed by atoms with Crippen molar-refractivity contribution in [2.24, 2.45) is 0 Å². The SMILES string of the molecule is OCc1ccc(-c2ccsc2)n1Cc1ccccc1. The summed E-state index contributed by atoms with van der Waals surface area (Å²) in [6.45, 7) is 0.853. The third-order valence-corrected chi connectivity index (χ3v) is 3.92. The minimum atomic E-state index is 0.0664. The molecule has 1 aromatic carbocycles. The normalized spacial score (nSPS) is 10.8. The molecule has 2 aromatic heterocycles. The van der Waals surface area contributed by atoms with Gasteiger partial charge in [-0.2, -0.15) is 11.3 Å². The zero-order valence-electron chi connectivity index (χ0n) is 10.5. The summed E-state index contributed by atoms with van der Waals surface area (Å²) in [4.78, 5) is 0. The van der Waals surface area contributed by atoms with Crippen molar-refractivity contribution in [1.82, 2.24) is 4.57 Å². The molecule has 0 aliphatic heterocycles. The molecule has 0 amide bonds. The largest absolute Gasteiger partial charge is 0.390 e. The van der Waals surface area contributed by atoms with E-state index in [1.165, 1.54) is 11.1 Å². The van der Waals surface area contributed by atoms with Crippen molar-refractivity contribution in [1.29, 1.82) is 0 Å². The molecule has 0 bridgehead atoms. The van der Waals surface area contributed by atoms with Gasteiger partial charge in [0, 0.05) is 28.9 Å². The van der Waals surface area contributed by atoms with Gasteiger partial charge in [0.25, 0.3) is 0 Å². The van der Waals surface area contributed by atoms with Crippen LogP contribution < -0.4 is 0 Å². The molecule has 2 nitrogen and oxygen atoms in total. The van der Waals surface area contributed by atoms with Crippen LogP contribution in [0.5, 0.6) is 0 Å². The topological polar surface area (TPSA) is 25.2 Å². The molecule has 0 atom stereocenters. The Kier molecular flexibility index (Phi) is 3.49. The zero-order valence-corrected chi connectivity index (χ0v) is 11.3. The maximum atomic E-state index is 9.49. The van der Waals surface area contributed by atoms with Crippen LogP contribution in [0.25, 0.3) is 11.3 Å². The summed E-state index contributed by atoms with van der Waals surface area (Å²) in [5.41, 5.74) is 4.56. The number of thiophene rings is 1. The molecule has 0 saturated carbocycles. The number of rotatable bonds is 4. The van der Waals surface area contributed by atoms with Gasteiger partial charge in [-0.3, -0.25) is 0 Å². The first-order valence-corrected chi connectivity index (χ1v) is 7.18. The van der Waals surface area contributed by atoms with Crippen molar-refractivity contribution >= 4 is 11.3 Å². The fourth-order valence-corrected chi connectivity index (χ4v) is 2.91. The summed E-state index contributed by atoms with van der Waals surface area (Å²) in [5, 5.41) is 13.7. The Hall–Kier alpha value is -1.84. The Morgan fingerprint density at radius 1 is 1.00 bits per heavy atom. The van der Waals surface area contributed by atoms with Crippen LogP contribution in [0.15, 0.2) is 59.3 Å². The summed E-state index contributed by atoms with van der Waals surface area (Å²) >= 11 is 1.69. The molecule has 2 heterocycles. The first-order chi connectivity index (χ1) is 9.38. The molecule has 3 aromatic rings. The van der Waals surface area contributed by atoms with Crippen LogP contribution in [0.1, 0.15) is 11.3 Å². The van der Waals surface area contributed by atoms with Crippen LogP contribution in [0.2, 0.25) is 0 Å². The molecule has 0 fully saturated rings. The van der Waals surface area contributed by atoms with Crippen LogP contribution in [-0.2, 0) is 13.2 Å². The fourth-order valence-electron chi connectivity index (χ4n) is 2.26. The Labute approximate surface area is 116 Å². The van der Waals surface area contributed by atoms with Crippen molar-refractivity contribution in [3.8, 4) is 11.3 Å². The van der Waals surface area contributed by atoms with Gasteiger partial charge in [0.1, 0.15) is 0 Å². The van der Waals surface area contributed by atoms with Crippen LogP contribution in [0.3, 0.4) is 0 Å². The molecule has 1 N–H and O–H groups in total. The molecule has 19 heavy (non-hydrogen) atoms. The second-order valence-corrected chi connectivity index (χ2v) is 5.23. The summed E-state index contributed by atoms with van der Waals surface area (Å²) in [6.07, 6.45) is 0. The number of aromatic nitrogens is 1. The molecular formula is C16H15NOS. The maximum Gasteiger partial charge on any atom is 0.0833 e. The van der Waals surface area contributed by atoms with Gasteiger partial charge in [-0.1, -0.05) is 30.3 Å². The van der Waals surface area contributed by atoms with Crippen molar-refractivity contribution < 1.29 is 5.11 Å². The average molecular weight is 269 g/mol. The lowest BCUT2D eigenvalue weighted by atomic mass is 10.2. The Morgan fingerprint density at radius 2 is 1.84 bits per heavy atom. The first-order valence-electron chi connectivity index (χ1n) is 6.24. The molecule has 0 saturated heterocycles. The smallest absolute Gasteiger partial charge is 0.0833 e. The van der Waals surface area contributed by atoms with E-state index >= 15 is 0 Å². The van der Waals surface area contributed by atoms with Gasteiger partial charge in [0.2, 0.25) is 0 Å². The zero-order chi connectivity index (χ0) is 13.1. The Bertz CT molecular complexity index is 641. The second-order valence-electron chi connectivity index (χ2n) is 4.45. The molecule has 0 unspecified atom stereocenters. The average Bonchev–Trinajstić information content (AvgIpc) is 3.08. The van der Waals surface area contributed by atoms with E-state index in [0.717, 1.165) is 17.9 Å². The quantitative estimate of drug-likeness (QED) is 0.766. The Balaban J connectivity index is 2.01. The highest BCUT2D eigenvalue weighted by Gasteiger charge is 2.10. The van der Waals surface area contributed by atoms with E-state index in [1.54, 1.807) is 11.3 Å². The molecule has 0 spiro atoms. The standard InChI is InChI=1S/C16H15NOS/c18-11-15-6-7-16(14-8-9-19-12-14)17(15)10-13-4-2-1-3-5-13/h1-9,12,18H,10-11H2. The van der Waals surface area contributed by atoms with Gasteiger partial charge in [0.15, 0.2) is 0 Å². The summed E-state index contributed by atoms with van der Waals surface area (Å²) in [5.74, 6) is 0. The number of hydrogen-bond donors (Lipinski definition) is 1. The van der Waals surface area contributed by atoms with E-state index < -0.39 is 0 Å².